The Bertz CT molecular complexity index is 1080. The van der Waals surface area contributed by atoms with Gasteiger partial charge < -0.3 is 14.8 Å². The molecule has 0 spiro atoms. The summed E-state index contributed by atoms with van der Waals surface area (Å²) in [6, 6.07) is 11.9. The van der Waals surface area contributed by atoms with E-state index in [1.807, 2.05) is 6.07 Å². The number of aryl methyl sites for hydroxylation is 1. The summed E-state index contributed by atoms with van der Waals surface area (Å²) < 4.78 is 39.2. The number of aromatic nitrogens is 1. The molecular weight excluding hydrogens is 414 g/mol. The molecule has 1 atom stereocenters. The first-order chi connectivity index (χ1) is 14.5. The number of anilines is 1. The molecule has 0 aliphatic carbocycles. The molecule has 0 bridgehead atoms. The van der Waals surface area contributed by atoms with Crippen molar-refractivity contribution >= 4 is 23.2 Å². The number of nitrogens with zero attached hydrogens (tertiary/aromatic N) is 1. The summed E-state index contributed by atoms with van der Waals surface area (Å²) in [6.07, 6.45) is 2.07. The van der Waals surface area contributed by atoms with E-state index in [0.29, 0.717) is 35.9 Å². The Morgan fingerprint density at radius 3 is 2.83 bits per heavy atom. The Kier molecular flexibility index (Phi) is 5.81. The number of carbonyl (C=O) groups excluding carboxylic acids is 1. The standard InChI is InChI=1S/C22H17ClF2N2O3/c23-11-21(28)27-15-3-8-22(26-12-15)29-16-4-7-19-13(9-16)1-6-20(30-19)17-10-14(24)2-5-18(17)25/h2-5,7-10,12,20H,1,6,11H2,(H,27,28). The van der Waals surface area contributed by atoms with Crippen LogP contribution in [-0.2, 0) is 11.2 Å². The number of halogens is 3. The lowest BCUT2D eigenvalue weighted by molar-refractivity contribution is -0.113. The smallest absolute Gasteiger partial charge is 0.239 e. The fourth-order valence-corrected chi connectivity index (χ4v) is 3.31. The molecule has 1 aliphatic rings. The Morgan fingerprint density at radius 2 is 2.07 bits per heavy atom. The Balaban J connectivity index is 1.45. The van der Waals surface area contributed by atoms with E-state index in [2.05, 4.69) is 10.3 Å². The van der Waals surface area contributed by atoms with Crippen LogP contribution in [0.5, 0.6) is 17.4 Å². The van der Waals surface area contributed by atoms with Gasteiger partial charge in [0.25, 0.3) is 0 Å². The van der Waals surface area contributed by atoms with Crippen molar-refractivity contribution in [3.8, 4) is 17.4 Å². The second-order valence-electron chi connectivity index (χ2n) is 6.75. The molecule has 4 rings (SSSR count). The summed E-state index contributed by atoms with van der Waals surface area (Å²) in [5.41, 5.74) is 1.64. The number of nitrogens with one attached hydrogen (secondary N) is 1. The predicted octanol–water partition coefficient (Wildman–Crippen LogP) is 5.40. The van der Waals surface area contributed by atoms with Gasteiger partial charge in [0.15, 0.2) is 0 Å². The van der Waals surface area contributed by atoms with Crippen LogP contribution in [-0.4, -0.2) is 16.8 Å². The SMILES string of the molecule is O=C(CCl)Nc1ccc(Oc2ccc3c(c2)CCC(c2cc(F)ccc2F)O3)nc1. The molecule has 0 fully saturated rings. The van der Waals surface area contributed by atoms with Crippen LogP contribution in [0, 0.1) is 11.6 Å². The maximum absolute atomic E-state index is 14.1. The van der Waals surface area contributed by atoms with Crippen LogP contribution in [0.3, 0.4) is 0 Å². The highest BCUT2D eigenvalue weighted by molar-refractivity contribution is 6.29. The largest absolute Gasteiger partial charge is 0.485 e. The molecule has 0 radical (unpaired) electrons. The van der Waals surface area contributed by atoms with Gasteiger partial charge >= 0.3 is 0 Å². The fraction of sp³-hybridized carbons (Fsp3) is 0.182. The van der Waals surface area contributed by atoms with Gasteiger partial charge in [0.1, 0.15) is 35.1 Å². The second-order valence-corrected chi connectivity index (χ2v) is 7.02. The maximum Gasteiger partial charge on any atom is 0.239 e. The molecule has 1 amide bonds. The molecule has 154 valence electrons. The number of fused-ring (bicyclic) bond motifs is 1. The molecule has 0 saturated carbocycles. The second kappa shape index (κ2) is 8.67. The maximum atomic E-state index is 14.1. The summed E-state index contributed by atoms with van der Waals surface area (Å²) >= 11 is 5.45. The van der Waals surface area contributed by atoms with E-state index in [4.69, 9.17) is 21.1 Å². The van der Waals surface area contributed by atoms with Gasteiger partial charge in [0, 0.05) is 11.6 Å². The first-order valence-corrected chi connectivity index (χ1v) is 9.79. The minimum absolute atomic E-state index is 0.137. The molecule has 1 N–H and O–H groups in total. The minimum Gasteiger partial charge on any atom is -0.485 e. The van der Waals surface area contributed by atoms with Crippen molar-refractivity contribution in [2.45, 2.75) is 18.9 Å². The molecule has 1 aromatic heterocycles. The van der Waals surface area contributed by atoms with Gasteiger partial charge in [0.05, 0.1) is 11.9 Å². The predicted molar refractivity (Wildman–Crippen MR) is 108 cm³/mol. The fourth-order valence-electron chi connectivity index (χ4n) is 3.24. The van der Waals surface area contributed by atoms with Gasteiger partial charge in [-0.3, -0.25) is 4.79 Å². The average Bonchev–Trinajstić information content (AvgIpc) is 2.76. The third-order valence-electron chi connectivity index (χ3n) is 4.65. The number of hydrogen-bond acceptors (Lipinski definition) is 4. The molecule has 5 nitrogen and oxygen atoms in total. The van der Waals surface area contributed by atoms with E-state index in [0.717, 1.165) is 17.7 Å². The van der Waals surface area contributed by atoms with Crippen LogP contribution in [0.4, 0.5) is 14.5 Å². The van der Waals surface area contributed by atoms with Crippen LogP contribution in [0.15, 0.2) is 54.7 Å². The molecule has 1 unspecified atom stereocenters. The van der Waals surface area contributed by atoms with Gasteiger partial charge in [-0.05, 0) is 60.9 Å². The van der Waals surface area contributed by atoms with Crippen LogP contribution in [0.1, 0.15) is 23.7 Å². The van der Waals surface area contributed by atoms with Crippen molar-refractivity contribution < 1.29 is 23.0 Å². The van der Waals surface area contributed by atoms with Crippen molar-refractivity contribution in [1.82, 2.24) is 4.98 Å². The summed E-state index contributed by atoms with van der Waals surface area (Å²) in [4.78, 5) is 15.4. The zero-order valence-corrected chi connectivity index (χ0v) is 16.5. The lowest BCUT2D eigenvalue weighted by atomic mass is 9.97. The third kappa shape index (κ3) is 4.52. The van der Waals surface area contributed by atoms with E-state index >= 15 is 0 Å². The van der Waals surface area contributed by atoms with Crippen molar-refractivity contribution in [1.29, 1.82) is 0 Å². The van der Waals surface area contributed by atoms with Crippen molar-refractivity contribution in [2.75, 3.05) is 11.2 Å². The first-order valence-electron chi connectivity index (χ1n) is 9.26. The molecule has 2 heterocycles. The van der Waals surface area contributed by atoms with Crippen LogP contribution in [0.2, 0.25) is 0 Å². The van der Waals surface area contributed by atoms with Gasteiger partial charge in [0.2, 0.25) is 11.8 Å². The van der Waals surface area contributed by atoms with E-state index in [1.54, 1.807) is 24.3 Å². The monoisotopic (exact) mass is 430 g/mol. The normalized spacial score (nSPS) is 15.1. The lowest BCUT2D eigenvalue weighted by Gasteiger charge is -2.27. The Labute approximate surface area is 176 Å². The van der Waals surface area contributed by atoms with Crippen molar-refractivity contribution in [3.63, 3.8) is 0 Å². The Morgan fingerprint density at radius 1 is 1.20 bits per heavy atom. The number of rotatable bonds is 5. The van der Waals surface area contributed by atoms with E-state index < -0.39 is 17.7 Å². The van der Waals surface area contributed by atoms with Crippen molar-refractivity contribution in [3.05, 3.63) is 77.5 Å². The van der Waals surface area contributed by atoms with Gasteiger partial charge in [-0.25, -0.2) is 13.8 Å². The van der Waals surface area contributed by atoms with Crippen LogP contribution >= 0.6 is 11.6 Å². The number of ether oxygens (including phenoxy) is 2. The number of alkyl halides is 1. The third-order valence-corrected chi connectivity index (χ3v) is 4.89. The highest BCUT2D eigenvalue weighted by Crippen LogP contribution is 2.38. The van der Waals surface area contributed by atoms with Crippen molar-refractivity contribution in [2.24, 2.45) is 0 Å². The van der Waals surface area contributed by atoms with Gasteiger partial charge in [-0.1, -0.05) is 0 Å². The lowest BCUT2D eigenvalue weighted by Crippen LogP contribution is -2.16. The molecular formula is C22H17ClF2N2O3. The number of amides is 1. The highest BCUT2D eigenvalue weighted by atomic mass is 35.5. The summed E-state index contributed by atoms with van der Waals surface area (Å²) in [5.74, 6) is 0.0924. The molecule has 1 aliphatic heterocycles. The molecule has 3 aromatic rings. The summed E-state index contributed by atoms with van der Waals surface area (Å²) in [5, 5.41) is 2.59. The number of carbonyl (C=O) groups is 1. The summed E-state index contributed by atoms with van der Waals surface area (Å²) in [6.45, 7) is 0. The summed E-state index contributed by atoms with van der Waals surface area (Å²) in [7, 11) is 0. The number of pyridine rings is 1. The minimum atomic E-state index is -0.544. The van der Waals surface area contributed by atoms with E-state index in [1.165, 1.54) is 12.3 Å². The van der Waals surface area contributed by atoms with Gasteiger partial charge in [-0.2, -0.15) is 0 Å². The first kappa shape index (κ1) is 20.1. The molecule has 0 saturated heterocycles. The highest BCUT2D eigenvalue weighted by Gasteiger charge is 2.24. The van der Waals surface area contributed by atoms with E-state index in [-0.39, 0.29) is 17.4 Å². The zero-order chi connectivity index (χ0) is 21.1. The molecule has 30 heavy (non-hydrogen) atoms. The molecule has 2 aromatic carbocycles. The van der Waals surface area contributed by atoms with Crippen LogP contribution < -0.4 is 14.8 Å². The Hall–Kier alpha value is -3.19. The number of hydrogen-bond donors (Lipinski definition) is 1. The molecule has 8 heteroatoms. The van der Waals surface area contributed by atoms with Gasteiger partial charge in [-0.15, -0.1) is 11.6 Å². The van der Waals surface area contributed by atoms with Crippen LogP contribution in [0.25, 0.3) is 0 Å². The average molecular weight is 431 g/mol. The topological polar surface area (TPSA) is 60.5 Å². The quantitative estimate of drug-likeness (QED) is 0.551. The van der Waals surface area contributed by atoms with E-state index in [9.17, 15) is 13.6 Å². The number of benzene rings is 2. The zero-order valence-electron chi connectivity index (χ0n) is 15.7.